The molecule has 4 nitrogen and oxygen atoms in total. The van der Waals surface area contributed by atoms with Crippen LogP contribution in [0.15, 0.2) is 41.8 Å². The van der Waals surface area contributed by atoms with Gasteiger partial charge < -0.3 is 4.90 Å². The summed E-state index contributed by atoms with van der Waals surface area (Å²) in [6.45, 7) is 7.24. The first kappa shape index (κ1) is 19.0. The molecule has 0 aliphatic carbocycles. The Morgan fingerprint density at radius 1 is 1.29 bits per heavy atom. The van der Waals surface area contributed by atoms with Crippen molar-refractivity contribution in [3.63, 3.8) is 0 Å². The molecule has 0 bridgehead atoms. The van der Waals surface area contributed by atoms with Crippen LogP contribution in [0, 0.1) is 13.8 Å². The molecule has 0 spiro atoms. The molecule has 2 heterocycles. The predicted octanol–water partition coefficient (Wildman–Crippen LogP) is 5.66. The molecule has 0 radical (unpaired) electrons. The number of benzene rings is 2. The van der Waals surface area contributed by atoms with Crippen molar-refractivity contribution < 1.29 is 4.79 Å². The lowest BCUT2D eigenvalue weighted by atomic mass is 10.1. The van der Waals surface area contributed by atoms with E-state index in [1.165, 1.54) is 22.6 Å². The molecule has 0 atom stereocenters. The topological polar surface area (TPSA) is 36.4 Å². The summed E-state index contributed by atoms with van der Waals surface area (Å²) in [5.41, 5.74) is 6.37. The van der Waals surface area contributed by atoms with E-state index >= 15 is 0 Å². The summed E-state index contributed by atoms with van der Waals surface area (Å²) in [6, 6.07) is 12.4. The van der Waals surface area contributed by atoms with Crippen molar-refractivity contribution in [2.75, 3.05) is 16.3 Å². The van der Waals surface area contributed by atoms with Crippen LogP contribution in [0.2, 0.25) is 5.02 Å². The molecule has 144 valence electrons. The first-order valence-electron chi connectivity index (χ1n) is 9.28. The number of hydrogen-bond donors (Lipinski definition) is 0. The largest absolute Gasteiger partial charge is 0.365 e. The normalized spacial score (nSPS) is 12.9. The summed E-state index contributed by atoms with van der Waals surface area (Å²) in [5.74, 6) is -0.0960. The number of carbonyl (C=O) groups is 1. The molecule has 0 N–H and O–H groups in total. The SMILES string of the molecule is CC(=O)N(c1nc(CN2CCc3ccccc32)cs1)c1c(C)cc(C)cc1Cl. The number of fused-ring (bicyclic) bond motifs is 1. The fourth-order valence-corrected chi connectivity index (χ4v) is 5.09. The van der Waals surface area contributed by atoms with Gasteiger partial charge in [-0.1, -0.05) is 35.9 Å². The van der Waals surface area contributed by atoms with E-state index in [4.69, 9.17) is 16.6 Å². The molecule has 1 amide bonds. The van der Waals surface area contributed by atoms with Crippen molar-refractivity contribution >= 4 is 45.4 Å². The zero-order valence-corrected chi connectivity index (χ0v) is 17.8. The highest BCUT2D eigenvalue weighted by Crippen LogP contribution is 2.38. The van der Waals surface area contributed by atoms with E-state index in [9.17, 15) is 4.79 Å². The molecule has 1 aromatic heterocycles. The number of aryl methyl sites for hydroxylation is 2. The van der Waals surface area contributed by atoms with Gasteiger partial charge in [-0.15, -0.1) is 11.3 Å². The second-order valence-corrected chi connectivity index (χ2v) is 8.43. The number of nitrogens with zero attached hydrogens (tertiary/aromatic N) is 3. The monoisotopic (exact) mass is 411 g/mol. The van der Waals surface area contributed by atoms with Crippen LogP contribution in [0.1, 0.15) is 29.3 Å². The van der Waals surface area contributed by atoms with E-state index in [1.807, 2.05) is 31.4 Å². The summed E-state index contributed by atoms with van der Waals surface area (Å²) in [4.78, 5) is 21.2. The second-order valence-electron chi connectivity index (χ2n) is 7.19. The number of aromatic nitrogens is 1. The third kappa shape index (κ3) is 3.52. The minimum Gasteiger partial charge on any atom is -0.365 e. The van der Waals surface area contributed by atoms with Gasteiger partial charge in [0.15, 0.2) is 5.13 Å². The maximum absolute atomic E-state index is 12.5. The molecule has 3 aromatic rings. The number of carbonyl (C=O) groups excluding carboxylic acids is 1. The van der Waals surface area contributed by atoms with Gasteiger partial charge in [-0.3, -0.25) is 9.69 Å². The molecule has 2 aromatic carbocycles. The van der Waals surface area contributed by atoms with Crippen LogP contribution in [-0.4, -0.2) is 17.4 Å². The molecule has 1 aliphatic heterocycles. The summed E-state index contributed by atoms with van der Waals surface area (Å²) in [7, 11) is 0. The Balaban J connectivity index is 1.63. The van der Waals surface area contributed by atoms with Gasteiger partial charge in [0.1, 0.15) is 0 Å². The second kappa shape index (κ2) is 7.57. The van der Waals surface area contributed by atoms with Gasteiger partial charge in [0.2, 0.25) is 5.91 Å². The van der Waals surface area contributed by atoms with E-state index in [1.54, 1.807) is 11.8 Å². The highest BCUT2D eigenvalue weighted by molar-refractivity contribution is 7.14. The lowest BCUT2D eigenvalue weighted by Crippen LogP contribution is -2.24. The molecule has 0 unspecified atom stereocenters. The first-order chi connectivity index (χ1) is 13.4. The van der Waals surface area contributed by atoms with E-state index in [0.717, 1.165) is 36.3 Å². The van der Waals surface area contributed by atoms with E-state index in [2.05, 4.69) is 29.2 Å². The number of hydrogen-bond acceptors (Lipinski definition) is 4. The van der Waals surface area contributed by atoms with Crippen LogP contribution in [0.5, 0.6) is 0 Å². The first-order valence-corrected chi connectivity index (χ1v) is 10.5. The summed E-state index contributed by atoms with van der Waals surface area (Å²) in [6.07, 6.45) is 1.06. The number of amides is 1. The smallest absolute Gasteiger partial charge is 0.230 e. The van der Waals surface area contributed by atoms with E-state index < -0.39 is 0 Å². The summed E-state index contributed by atoms with van der Waals surface area (Å²) in [5, 5.41) is 3.26. The van der Waals surface area contributed by atoms with Gasteiger partial charge in [-0.25, -0.2) is 4.98 Å². The lowest BCUT2D eigenvalue weighted by molar-refractivity contribution is -0.115. The van der Waals surface area contributed by atoms with Crippen LogP contribution < -0.4 is 9.80 Å². The Labute approximate surface area is 174 Å². The van der Waals surface area contributed by atoms with Crippen LogP contribution in [-0.2, 0) is 17.8 Å². The quantitative estimate of drug-likeness (QED) is 0.555. The van der Waals surface area contributed by atoms with Crippen LogP contribution in [0.25, 0.3) is 0 Å². The van der Waals surface area contributed by atoms with Crippen LogP contribution in [0.4, 0.5) is 16.5 Å². The minimum absolute atomic E-state index is 0.0960. The third-order valence-electron chi connectivity index (χ3n) is 5.00. The van der Waals surface area contributed by atoms with Gasteiger partial charge in [0, 0.05) is 24.5 Å². The molecule has 6 heteroatoms. The Morgan fingerprint density at radius 3 is 2.82 bits per heavy atom. The molecule has 0 saturated heterocycles. The number of rotatable bonds is 4. The fourth-order valence-electron chi connectivity index (χ4n) is 3.82. The minimum atomic E-state index is -0.0960. The number of thiazole rings is 1. The van der Waals surface area contributed by atoms with Crippen LogP contribution in [0.3, 0.4) is 0 Å². The number of halogens is 1. The molecular weight excluding hydrogens is 390 g/mol. The highest BCUT2D eigenvalue weighted by atomic mass is 35.5. The summed E-state index contributed by atoms with van der Waals surface area (Å²) < 4.78 is 0. The average Bonchev–Trinajstić information content (AvgIpc) is 3.25. The van der Waals surface area contributed by atoms with Gasteiger partial charge in [0.05, 0.1) is 22.9 Å². The van der Waals surface area contributed by atoms with Crippen molar-refractivity contribution in [3.05, 3.63) is 69.2 Å². The van der Waals surface area contributed by atoms with Crippen molar-refractivity contribution in [2.24, 2.45) is 0 Å². The zero-order chi connectivity index (χ0) is 19.8. The summed E-state index contributed by atoms with van der Waals surface area (Å²) >= 11 is 7.97. The molecule has 0 saturated carbocycles. The molecule has 0 fully saturated rings. The van der Waals surface area contributed by atoms with Gasteiger partial charge >= 0.3 is 0 Å². The predicted molar refractivity (Wildman–Crippen MR) is 117 cm³/mol. The Morgan fingerprint density at radius 2 is 2.07 bits per heavy atom. The van der Waals surface area contributed by atoms with Gasteiger partial charge in [-0.2, -0.15) is 0 Å². The lowest BCUT2D eigenvalue weighted by Gasteiger charge is -2.22. The van der Waals surface area contributed by atoms with Gasteiger partial charge in [-0.05, 0) is 49.1 Å². The molecule has 28 heavy (non-hydrogen) atoms. The van der Waals surface area contributed by atoms with Gasteiger partial charge in [0.25, 0.3) is 0 Å². The Kier molecular flexibility index (Phi) is 5.13. The molecule has 1 aliphatic rings. The fraction of sp³-hybridized carbons (Fsp3) is 0.273. The molecule has 4 rings (SSSR count). The van der Waals surface area contributed by atoms with E-state index in [-0.39, 0.29) is 5.91 Å². The zero-order valence-electron chi connectivity index (χ0n) is 16.2. The van der Waals surface area contributed by atoms with Crippen molar-refractivity contribution in [1.29, 1.82) is 0 Å². The third-order valence-corrected chi connectivity index (χ3v) is 6.17. The standard InChI is InChI=1S/C22H22ClN3OS/c1-14-10-15(2)21(19(23)11-14)26(16(3)27)22-24-18(13-28-22)12-25-9-8-17-6-4-5-7-20(17)25/h4-7,10-11,13H,8-9,12H2,1-3H3. The van der Waals surface area contributed by atoms with Crippen molar-refractivity contribution in [2.45, 2.75) is 33.7 Å². The van der Waals surface area contributed by atoms with Crippen LogP contribution >= 0.6 is 22.9 Å². The Bertz CT molecular complexity index is 1020. The molecular formula is C22H22ClN3OS. The van der Waals surface area contributed by atoms with Crippen molar-refractivity contribution in [1.82, 2.24) is 4.98 Å². The maximum Gasteiger partial charge on any atom is 0.230 e. The average molecular weight is 412 g/mol. The number of anilines is 3. The van der Waals surface area contributed by atoms with Crippen molar-refractivity contribution in [3.8, 4) is 0 Å². The number of para-hydroxylation sites is 1. The van der Waals surface area contributed by atoms with E-state index in [0.29, 0.717) is 15.8 Å². The Hall–Kier alpha value is -2.37. The highest BCUT2D eigenvalue weighted by Gasteiger charge is 2.24. The maximum atomic E-state index is 12.5.